The van der Waals surface area contributed by atoms with Crippen LogP contribution in [0.5, 0.6) is 5.75 Å². The van der Waals surface area contributed by atoms with Crippen LogP contribution in [-0.4, -0.2) is 83.0 Å². The molecule has 0 unspecified atom stereocenters. The second-order valence-corrected chi connectivity index (χ2v) is 11.1. The van der Waals surface area contributed by atoms with E-state index in [1.54, 1.807) is 24.5 Å². The van der Waals surface area contributed by atoms with E-state index in [-0.39, 0.29) is 31.4 Å². The number of aliphatic carboxylic acids is 1. The molecule has 47 heavy (non-hydrogen) atoms. The van der Waals surface area contributed by atoms with Crippen molar-refractivity contribution >= 4 is 34.6 Å². The lowest BCUT2D eigenvalue weighted by Gasteiger charge is -2.25. The molecule has 3 heterocycles. The van der Waals surface area contributed by atoms with Crippen LogP contribution in [-0.2, 0) is 44.9 Å². The van der Waals surface area contributed by atoms with Crippen LogP contribution in [0.1, 0.15) is 22.5 Å². The van der Waals surface area contributed by atoms with Gasteiger partial charge in [-0.05, 0) is 29.3 Å². The number of hydrogen-bond acceptors (Lipinski definition) is 8. The first-order chi connectivity index (χ1) is 22.7. The lowest BCUT2D eigenvalue weighted by molar-refractivity contribution is -0.142. The minimum Gasteiger partial charge on any atom is -0.508 e. The molecule has 0 fully saturated rings. The van der Waals surface area contributed by atoms with Crippen LogP contribution in [0.25, 0.3) is 10.9 Å². The summed E-state index contributed by atoms with van der Waals surface area (Å²) in [4.78, 5) is 69.8. The van der Waals surface area contributed by atoms with E-state index < -0.39 is 47.9 Å². The molecule has 5 rings (SSSR count). The number of amides is 3. The second kappa shape index (κ2) is 14.9. The molecule has 4 atom stereocenters. The number of carbonyl (C=O) groups is 4. The van der Waals surface area contributed by atoms with E-state index in [2.05, 4.69) is 40.9 Å². The number of carbonyl (C=O) groups excluding carboxylic acids is 3. The molecule has 5 aromatic rings. The Morgan fingerprint density at radius 2 is 1.32 bits per heavy atom. The highest BCUT2D eigenvalue weighted by atomic mass is 16.4. The maximum atomic E-state index is 13.9. The Kier molecular flexibility index (Phi) is 10.3. The highest BCUT2D eigenvalue weighted by Gasteiger charge is 2.31. The third kappa shape index (κ3) is 8.61. The maximum Gasteiger partial charge on any atom is 0.326 e. The monoisotopic (exact) mass is 641 g/mol. The van der Waals surface area contributed by atoms with Crippen molar-refractivity contribution in [3.63, 3.8) is 0 Å². The number of phenols is 1. The van der Waals surface area contributed by atoms with Gasteiger partial charge < -0.3 is 46.8 Å². The van der Waals surface area contributed by atoms with E-state index >= 15 is 0 Å². The molecule has 244 valence electrons. The zero-order valence-corrected chi connectivity index (χ0v) is 25.1. The molecule has 15 heteroatoms. The number of carboxylic acid groups (broad SMARTS) is 1. The van der Waals surface area contributed by atoms with Gasteiger partial charge in [-0.2, -0.15) is 0 Å². The number of nitrogens with zero attached hydrogens (tertiary/aromatic N) is 2. The van der Waals surface area contributed by atoms with Crippen molar-refractivity contribution in [2.45, 2.75) is 49.9 Å². The number of imidazole rings is 2. The molecule has 0 aliphatic heterocycles. The minimum absolute atomic E-state index is 0.00527. The molecule has 0 saturated heterocycles. The fourth-order valence-electron chi connectivity index (χ4n) is 5.16. The smallest absolute Gasteiger partial charge is 0.326 e. The Hall–Kier alpha value is -5.96. The van der Waals surface area contributed by atoms with Crippen LogP contribution in [0.4, 0.5) is 0 Å². The Morgan fingerprint density at radius 3 is 1.96 bits per heavy atom. The van der Waals surface area contributed by atoms with Gasteiger partial charge in [0.25, 0.3) is 0 Å². The van der Waals surface area contributed by atoms with Gasteiger partial charge in [-0.15, -0.1) is 0 Å². The minimum atomic E-state index is -1.33. The van der Waals surface area contributed by atoms with Gasteiger partial charge in [0, 0.05) is 55.2 Å². The average molecular weight is 642 g/mol. The zero-order chi connectivity index (χ0) is 33.3. The number of hydrogen-bond donors (Lipinski definition) is 9. The van der Waals surface area contributed by atoms with Crippen LogP contribution < -0.4 is 21.7 Å². The van der Waals surface area contributed by atoms with E-state index in [0.29, 0.717) is 22.5 Å². The highest BCUT2D eigenvalue weighted by Crippen LogP contribution is 2.20. The molecular weight excluding hydrogens is 606 g/mol. The number of aromatic amines is 3. The number of nitrogens with one attached hydrogen (secondary N) is 6. The van der Waals surface area contributed by atoms with Crippen LogP contribution >= 0.6 is 0 Å². The van der Waals surface area contributed by atoms with Crippen LogP contribution in [0.15, 0.2) is 79.8 Å². The van der Waals surface area contributed by atoms with E-state index in [0.717, 1.165) is 10.9 Å². The summed E-state index contributed by atoms with van der Waals surface area (Å²) in [5, 5.41) is 28.4. The summed E-state index contributed by atoms with van der Waals surface area (Å²) >= 11 is 0. The first-order valence-corrected chi connectivity index (χ1v) is 14.8. The van der Waals surface area contributed by atoms with Crippen LogP contribution in [0.2, 0.25) is 0 Å². The number of fused-ring (bicyclic) bond motifs is 1. The lowest BCUT2D eigenvalue weighted by atomic mass is 10.0. The predicted molar refractivity (Wildman–Crippen MR) is 170 cm³/mol. The highest BCUT2D eigenvalue weighted by molar-refractivity contribution is 5.95. The summed E-state index contributed by atoms with van der Waals surface area (Å²) in [6, 6.07) is 8.76. The molecule has 3 aromatic heterocycles. The normalized spacial score (nSPS) is 13.7. The largest absolute Gasteiger partial charge is 0.508 e. The number of para-hydroxylation sites is 1. The molecule has 0 radical (unpaired) electrons. The van der Waals surface area contributed by atoms with Crippen LogP contribution in [0.3, 0.4) is 0 Å². The van der Waals surface area contributed by atoms with Crippen molar-refractivity contribution < 1.29 is 29.4 Å². The van der Waals surface area contributed by atoms with Crippen molar-refractivity contribution in [2.24, 2.45) is 5.73 Å². The number of carboxylic acids is 1. The van der Waals surface area contributed by atoms with Crippen molar-refractivity contribution in [1.82, 2.24) is 40.9 Å². The third-order valence-electron chi connectivity index (χ3n) is 7.64. The molecule has 10 N–H and O–H groups in total. The number of aromatic nitrogens is 5. The summed E-state index contributed by atoms with van der Waals surface area (Å²) in [5.41, 5.74) is 9.27. The van der Waals surface area contributed by atoms with Gasteiger partial charge >= 0.3 is 5.97 Å². The summed E-state index contributed by atoms with van der Waals surface area (Å²) in [6.45, 7) is 0. The van der Waals surface area contributed by atoms with Gasteiger partial charge in [-0.25, -0.2) is 14.8 Å². The number of aromatic hydroxyl groups is 1. The maximum absolute atomic E-state index is 13.9. The predicted octanol–water partition coefficient (Wildman–Crippen LogP) is 0.457. The van der Waals surface area contributed by atoms with Crippen molar-refractivity contribution in [3.05, 3.63) is 102 Å². The van der Waals surface area contributed by atoms with E-state index in [1.165, 1.54) is 31.0 Å². The molecule has 0 aliphatic rings. The third-order valence-corrected chi connectivity index (χ3v) is 7.64. The number of benzene rings is 2. The Labute approximate surface area is 268 Å². The van der Waals surface area contributed by atoms with E-state index in [4.69, 9.17) is 5.73 Å². The summed E-state index contributed by atoms with van der Waals surface area (Å²) in [7, 11) is 0. The number of nitrogens with two attached hydrogens (primary N) is 1. The van der Waals surface area contributed by atoms with E-state index in [9.17, 15) is 29.4 Å². The van der Waals surface area contributed by atoms with Gasteiger partial charge in [0.2, 0.25) is 17.7 Å². The van der Waals surface area contributed by atoms with Crippen molar-refractivity contribution in [2.75, 3.05) is 0 Å². The van der Waals surface area contributed by atoms with Gasteiger partial charge in [0.15, 0.2) is 0 Å². The molecule has 2 aromatic carbocycles. The Morgan fingerprint density at radius 1 is 0.723 bits per heavy atom. The molecule has 0 bridgehead atoms. The summed E-state index contributed by atoms with van der Waals surface area (Å²) < 4.78 is 0. The molecular formula is C32H35N9O6. The van der Waals surface area contributed by atoms with Gasteiger partial charge in [0.1, 0.15) is 23.9 Å². The van der Waals surface area contributed by atoms with E-state index in [1.807, 2.05) is 24.3 Å². The second-order valence-electron chi connectivity index (χ2n) is 11.1. The first kappa shape index (κ1) is 32.4. The first-order valence-electron chi connectivity index (χ1n) is 14.8. The average Bonchev–Trinajstić information content (AvgIpc) is 3.84. The fourth-order valence-corrected chi connectivity index (χ4v) is 5.16. The lowest BCUT2D eigenvalue weighted by Crippen LogP contribution is -2.58. The van der Waals surface area contributed by atoms with Gasteiger partial charge in [0.05, 0.1) is 30.1 Å². The molecule has 3 amide bonds. The topological polar surface area (TPSA) is 244 Å². The standard InChI is InChI=1S/C32H35N9O6/c33-24(11-20-14-34-16-37-20)29(43)39-26(9-18-5-7-22(42)8-6-18)30(44)40-27(10-19-13-36-25-4-2-1-3-23(19)25)31(45)41-28(32(46)47)12-21-15-35-17-38-21/h1-8,13-17,24,26-28,36,42H,9-12,33H2,(H,34,37)(H,35,38)(H,39,43)(H,40,44)(H,41,45)(H,46,47)/t24-,26-,27-,28-/m0/s1. The molecule has 0 aliphatic carbocycles. The number of rotatable bonds is 15. The Bertz CT molecular complexity index is 1800. The SMILES string of the molecule is N[C@@H](Cc1c[nH]cn1)C(=O)N[C@@H](Cc1ccc(O)cc1)C(=O)N[C@@H](Cc1c[nH]c2ccccc12)C(=O)N[C@@H](Cc1c[nH]cn1)C(=O)O. The van der Waals surface area contributed by atoms with Crippen molar-refractivity contribution in [3.8, 4) is 5.75 Å². The van der Waals surface area contributed by atoms with Gasteiger partial charge in [-0.1, -0.05) is 30.3 Å². The quantitative estimate of drug-likeness (QED) is 0.0769. The Balaban J connectivity index is 1.39. The summed E-state index contributed by atoms with van der Waals surface area (Å²) in [5.74, 6) is -3.30. The summed E-state index contributed by atoms with van der Waals surface area (Å²) in [6.07, 6.45) is 7.76. The number of H-pyrrole nitrogens is 3. The molecule has 0 spiro atoms. The zero-order valence-electron chi connectivity index (χ0n) is 25.1. The van der Waals surface area contributed by atoms with Crippen LogP contribution in [0, 0.1) is 0 Å². The fraction of sp³-hybridized carbons (Fsp3) is 0.250. The van der Waals surface area contributed by atoms with Gasteiger partial charge in [-0.3, -0.25) is 14.4 Å². The molecule has 0 saturated carbocycles. The molecule has 15 nitrogen and oxygen atoms in total. The van der Waals surface area contributed by atoms with Crippen molar-refractivity contribution in [1.29, 1.82) is 0 Å². The number of phenolic OH excluding ortho intramolecular Hbond substituents is 1.